The maximum Gasteiger partial charge on any atom is 0.223 e. The number of halogens is 1. The van der Waals surface area contributed by atoms with Gasteiger partial charge in [0.15, 0.2) is 0 Å². The van der Waals surface area contributed by atoms with Gasteiger partial charge in [-0.3, -0.25) is 0 Å². The quantitative estimate of drug-likeness (QED) is 0.897. The van der Waals surface area contributed by atoms with Crippen LogP contribution in [0, 0.1) is 0 Å². The number of nitrogens with one attached hydrogen (secondary N) is 1. The second-order valence-corrected chi connectivity index (χ2v) is 4.14. The molecule has 0 radical (unpaired) electrons. The van der Waals surface area contributed by atoms with E-state index in [1.54, 1.807) is 6.20 Å². The summed E-state index contributed by atoms with van der Waals surface area (Å²) in [6.45, 7) is 2.99. The number of rotatable bonds is 4. The summed E-state index contributed by atoms with van der Waals surface area (Å²) in [5.41, 5.74) is 1.94. The first-order valence-corrected chi connectivity index (χ1v) is 6.00. The lowest BCUT2D eigenvalue weighted by molar-refractivity contribution is 0.953. The maximum absolute atomic E-state index is 5.85. The molecule has 2 rings (SSSR count). The Morgan fingerprint density at radius 3 is 2.65 bits per heavy atom. The molecular weight excluding hydrogens is 234 g/mol. The Bertz CT molecular complexity index is 482. The molecule has 0 spiro atoms. The number of anilines is 1. The number of hydrogen-bond acceptors (Lipinski definition) is 3. The molecule has 0 bridgehead atoms. The molecule has 1 N–H and O–H groups in total. The average molecular weight is 248 g/mol. The predicted octanol–water partition coefficient (Wildman–Crippen LogP) is 3.62. The fraction of sp³-hybridized carbons (Fsp3) is 0.231. The minimum absolute atomic E-state index is 0.666. The fourth-order valence-electron chi connectivity index (χ4n) is 1.46. The lowest BCUT2D eigenvalue weighted by Crippen LogP contribution is -2.04. The first-order chi connectivity index (χ1) is 8.29. The van der Waals surface area contributed by atoms with Crippen molar-refractivity contribution in [2.24, 2.45) is 0 Å². The van der Waals surface area contributed by atoms with Crippen LogP contribution in [-0.4, -0.2) is 16.5 Å². The highest BCUT2D eigenvalue weighted by atomic mass is 35.5. The van der Waals surface area contributed by atoms with E-state index in [9.17, 15) is 0 Å². The van der Waals surface area contributed by atoms with E-state index in [1.807, 2.05) is 30.3 Å². The molecule has 0 saturated carbocycles. The van der Waals surface area contributed by atoms with Crippen LogP contribution in [0.15, 0.2) is 36.5 Å². The topological polar surface area (TPSA) is 37.8 Å². The van der Waals surface area contributed by atoms with Gasteiger partial charge in [0.25, 0.3) is 0 Å². The number of benzene rings is 1. The van der Waals surface area contributed by atoms with Crippen LogP contribution in [0.4, 0.5) is 5.95 Å². The van der Waals surface area contributed by atoms with Crippen molar-refractivity contribution in [1.29, 1.82) is 0 Å². The van der Waals surface area contributed by atoms with Crippen molar-refractivity contribution in [3.63, 3.8) is 0 Å². The van der Waals surface area contributed by atoms with Gasteiger partial charge in [-0.1, -0.05) is 30.7 Å². The van der Waals surface area contributed by atoms with Gasteiger partial charge >= 0.3 is 0 Å². The highest BCUT2D eigenvalue weighted by molar-refractivity contribution is 6.30. The van der Waals surface area contributed by atoms with E-state index in [-0.39, 0.29) is 0 Å². The zero-order valence-electron chi connectivity index (χ0n) is 9.65. The van der Waals surface area contributed by atoms with Gasteiger partial charge in [0, 0.05) is 23.3 Å². The molecule has 2 aromatic rings. The predicted molar refractivity (Wildman–Crippen MR) is 71.3 cm³/mol. The molecule has 0 aliphatic rings. The van der Waals surface area contributed by atoms with E-state index in [4.69, 9.17) is 11.6 Å². The third-order valence-corrected chi connectivity index (χ3v) is 2.58. The van der Waals surface area contributed by atoms with Crippen LogP contribution in [0.25, 0.3) is 11.3 Å². The van der Waals surface area contributed by atoms with Gasteiger partial charge in [-0.15, -0.1) is 0 Å². The zero-order valence-corrected chi connectivity index (χ0v) is 10.4. The molecule has 0 aliphatic heterocycles. The van der Waals surface area contributed by atoms with Gasteiger partial charge in [-0.05, 0) is 24.6 Å². The van der Waals surface area contributed by atoms with Crippen LogP contribution in [0.1, 0.15) is 13.3 Å². The second kappa shape index (κ2) is 5.64. The fourth-order valence-corrected chi connectivity index (χ4v) is 1.59. The van der Waals surface area contributed by atoms with Gasteiger partial charge < -0.3 is 5.32 Å². The van der Waals surface area contributed by atoms with Gasteiger partial charge in [0.05, 0.1) is 5.69 Å². The average Bonchev–Trinajstić information content (AvgIpc) is 2.37. The number of hydrogen-bond donors (Lipinski definition) is 1. The standard InChI is InChI=1S/C13H14ClN3/c1-2-8-15-13-16-9-7-12(17-13)10-3-5-11(14)6-4-10/h3-7,9H,2,8H2,1H3,(H,15,16,17). The largest absolute Gasteiger partial charge is 0.354 e. The molecular formula is C13H14ClN3. The summed E-state index contributed by atoms with van der Waals surface area (Å²) in [7, 11) is 0. The Morgan fingerprint density at radius 1 is 1.18 bits per heavy atom. The smallest absolute Gasteiger partial charge is 0.223 e. The molecule has 17 heavy (non-hydrogen) atoms. The molecule has 0 amide bonds. The molecule has 0 fully saturated rings. The van der Waals surface area contributed by atoms with Crippen LogP contribution < -0.4 is 5.32 Å². The molecule has 88 valence electrons. The highest BCUT2D eigenvalue weighted by Crippen LogP contribution is 2.19. The van der Waals surface area contributed by atoms with Crippen molar-refractivity contribution in [2.75, 3.05) is 11.9 Å². The van der Waals surface area contributed by atoms with E-state index in [2.05, 4.69) is 22.2 Å². The van der Waals surface area contributed by atoms with Crippen LogP contribution in [0.2, 0.25) is 5.02 Å². The maximum atomic E-state index is 5.85. The third kappa shape index (κ3) is 3.17. The zero-order chi connectivity index (χ0) is 12.1. The molecule has 4 heteroatoms. The number of nitrogens with zero attached hydrogens (tertiary/aromatic N) is 2. The molecule has 0 unspecified atom stereocenters. The molecule has 0 aliphatic carbocycles. The first-order valence-electron chi connectivity index (χ1n) is 5.62. The molecule has 0 atom stereocenters. The summed E-state index contributed by atoms with van der Waals surface area (Å²) in [5.74, 6) is 0.666. The minimum Gasteiger partial charge on any atom is -0.354 e. The summed E-state index contributed by atoms with van der Waals surface area (Å²) < 4.78 is 0. The van der Waals surface area contributed by atoms with Crippen LogP contribution >= 0.6 is 11.6 Å². The summed E-state index contributed by atoms with van der Waals surface area (Å²) in [6, 6.07) is 9.51. The highest BCUT2D eigenvalue weighted by Gasteiger charge is 2.01. The van der Waals surface area contributed by atoms with Gasteiger partial charge in [-0.25, -0.2) is 9.97 Å². The van der Waals surface area contributed by atoms with Crippen LogP contribution in [0.5, 0.6) is 0 Å². The summed E-state index contributed by atoms with van der Waals surface area (Å²) in [5, 5.41) is 3.90. The van der Waals surface area contributed by atoms with Crippen molar-refractivity contribution in [3.05, 3.63) is 41.6 Å². The molecule has 0 saturated heterocycles. The van der Waals surface area contributed by atoms with Gasteiger partial charge in [0.1, 0.15) is 0 Å². The molecule has 1 heterocycles. The Hall–Kier alpha value is -1.61. The Labute approximate surface area is 106 Å². The van der Waals surface area contributed by atoms with E-state index in [1.165, 1.54) is 0 Å². The van der Waals surface area contributed by atoms with E-state index in [0.717, 1.165) is 29.2 Å². The third-order valence-electron chi connectivity index (χ3n) is 2.33. The van der Waals surface area contributed by atoms with Crippen LogP contribution in [-0.2, 0) is 0 Å². The lowest BCUT2D eigenvalue weighted by atomic mass is 10.1. The van der Waals surface area contributed by atoms with Crippen molar-refractivity contribution >= 4 is 17.5 Å². The Kier molecular flexibility index (Phi) is 3.94. The minimum atomic E-state index is 0.666. The van der Waals surface area contributed by atoms with E-state index in [0.29, 0.717) is 5.95 Å². The van der Waals surface area contributed by atoms with Crippen molar-refractivity contribution in [3.8, 4) is 11.3 Å². The van der Waals surface area contributed by atoms with E-state index >= 15 is 0 Å². The molecule has 1 aromatic heterocycles. The van der Waals surface area contributed by atoms with Crippen molar-refractivity contribution in [2.45, 2.75) is 13.3 Å². The van der Waals surface area contributed by atoms with Crippen molar-refractivity contribution < 1.29 is 0 Å². The van der Waals surface area contributed by atoms with E-state index < -0.39 is 0 Å². The normalized spacial score (nSPS) is 10.2. The van der Waals surface area contributed by atoms with Crippen molar-refractivity contribution in [1.82, 2.24) is 9.97 Å². The van der Waals surface area contributed by atoms with Crippen LogP contribution in [0.3, 0.4) is 0 Å². The first kappa shape index (κ1) is 11.9. The Morgan fingerprint density at radius 2 is 1.94 bits per heavy atom. The SMILES string of the molecule is CCCNc1nccc(-c2ccc(Cl)cc2)n1. The summed E-state index contributed by atoms with van der Waals surface area (Å²) in [6.07, 6.45) is 2.81. The van der Waals surface area contributed by atoms with Gasteiger partial charge in [-0.2, -0.15) is 0 Å². The second-order valence-electron chi connectivity index (χ2n) is 3.70. The monoisotopic (exact) mass is 247 g/mol. The number of aromatic nitrogens is 2. The lowest BCUT2D eigenvalue weighted by Gasteiger charge is -2.05. The van der Waals surface area contributed by atoms with Gasteiger partial charge in [0.2, 0.25) is 5.95 Å². The summed E-state index contributed by atoms with van der Waals surface area (Å²) in [4.78, 5) is 8.62. The molecule has 1 aromatic carbocycles. The Balaban J connectivity index is 2.23. The molecule has 3 nitrogen and oxygen atoms in total. The summed E-state index contributed by atoms with van der Waals surface area (Å²) >= 11 is 5.85.